The third-order valence-electron chi connectivity index (χ3n) is 2.58. The van der Waals surface area contributed by atoms with Gasteiger partial charge >= 0.3 is 0 Å². The molecule has 0 saturated carbocycles. The molecule has 4 heteroatoms. The van der Waals surface area contributed by atoms with E-state index in [1.54, 1.807) is 14.2 Å². The normalized spacial score (nSPS) is 12.3. The molecule has 0 spiro atoms. The molecule has 0 bridgehead atoms. The van der Waals surface area contributed by atoms with E-state index in [-0.39, 0.29) is 12.6 Å². The zero-order valence-corrected chi connectivity index (χ0v) is 9.99. The summed E-state index contributed by atoms with van der Waals surface area (Å²) in [5.41, 5.74) is 7.65. The quantitative estimate of drug-likeness (QED) is 0.780. The van der Waals surface area contributed by atoms with Crippen LogP contribution < -0.4 is 15.2 Å². The van der Waals surface area contributed by atoms with E-state index in [4.69, 9.17) is 20.3 Å². The van der Waals surface area contributed by atoms with Crippen LogP contribution in [0.25, 0.3) is 0 Å². The molecule has 90 valence electrons. The number of methoxy groups -OCH3 is 2. The van der Waals surface area contributed by atoms with Gasteiger partial charge in [0.05, 0.1) is 20.8 Å². The molecule has 0 heterocycles. The Bertz CT molecular complexity index is 352. The molecule has 1 atom stereocenters. The van der Waals surface area contributed by atoms with Crippen molar-refractivity contribution in [3.8, 4) is 11.5 Å². The molecule has 0 aromatic heterocycles. The number of aliphatic hydroxyl groups is 1. The summed E-state index contributed by atoms with van der Waals surface area (Å²) in [7, 11) is 3.25. The maximum atomic E-state index is 8.94. The molecule has 1 aromatic carbocycles. The Hall–Kier alpha value is -1.26. The van der Waals surface area contributed by atoms with E-state index in [1.165, 1.54) is 0 Å². The van der Waals surface area contributed by atoms with Crippen molar-refractivity contribution in [1.29, 1.82) is 0 Å². The Labute approximate surface area is 96.0 Å². The van der Waals surface area contributed by atoms with E-state index < -0.39 is 0 Å². The van der Waals surface area contributed by atoms with Gasteiger partial charge in [0.15, 0.2) is 0 Å². The Kier molecular flexibility index (Phi) is 4.58. The molecular weight excluding hydrogens is 206 g/mol. The number of benzene rings is 1. The largest absolute Gasteiger partial charge is 0.496 e. The molecule has 16 heavy (non-hydrogen) atoms. The number of hydrogen-bond acceptors (Lipinski definition) is 4. The highest BCUT2D eigenvalue weighted by Gasteiger charge is 2.13. The zero-order chi connectivity index (χ0) is 12.1. The summed E-state index contributed by atoms with van der Waals surface area (Å²) < 4.78 is 10.6. The molecule has 0 fully saturated rings. The van der Waals surface area contributed by atoms with Gasteiger partial charge in [0.25, 0.3) is 0 Å². The number of ether oxygens (including phenoxy) is 2. The smallest absolute Gasteiger partial charge is 0.128 e. The molecule has 0 aliphatic rings. The van der Waals surface area contributed by atoms with E-state index in [9.17, 15) is 0 Å². The fraction of sp³-hybridized carbons (Fsp3) is 0.500. The summed E-state index contributed by atoms with van der Waals surface area (Å²) in [5, 5.41) is 8.94. The van der Waals surface area contributed by atoms with E-state index in [1.807, 2.05) is 19.1 Å². The maximum Gasteiger partial charge on any atom is 0.128 e. The minimum Gasteiger partial charge on any atom is -0.496 e. The number of aliphatic hydroxyl groups excluding tert-OH is 1. The molecule has 1 rings (SSSR count). The van der Waals surface area contributed by atoms with Crippen molar-refractivity contribution in [2.24, 2.45) is 5.73 Å². The van der Waals surface area contributed by atoms with Crippen LogP contribution in [-0.4, -0.2) is 32.0 Å². The van der Waals surface area contributed by atoms with Gasteiger partial charge in [0.1, 0.15) is 11.5 Å². The monoisotopic (exact) mass is 225 g/mol. The van der Waals surface area contributed by atoms with Crippen molar-refractivity contribution in [2.75, 3.05) is 20.8 Å². The van der Waals surface area contributed by atoms with E-state index in [2.05, 4.69) is 0 Å². The molecule has 0 aliphatic heterocycles. The predicted octanol–water partition coefficient (Wildman–Crippen LogP) is 0.874. The molecule has 0 amide bonds. The van der Waals surface area contributed by atoms with Gasteiger partial charge in [-0.2, -0.15) is 0 Å². The van der Waals surface area contributed by atoms with Crippen molar-refractivity contribution in [1.82, 2.24) is 0 Å². The van der Waals surface area contributed by atoms with Crippen LogP contribution in [0.15, 0.2) is 12.1 Å². The first-order chi connectivity index (χ1) is 7.63. The molecule has 1 unspecified atom stereocenters. The van der Waals surface area contributed by atoms with Gasteiger partial charge in [-0.3, -0.25) is 0 Å². The molecule has 0 radical (unpaired) electrons. The first kappa shape index (κ1) is 12.8. The van der Waals surface area contributed by atoms with Gasteiger partial charge in [-0.25, -0.2) is 0 Å². The zero-order valence-electron chi connectivity index (χ0n) is 9.99. The first-order valence-corrected chi connectivity index (χ1v) is 5.21. The molecule has 3 N–H and O–H groups in total. The topological polar surface area (TPSA) is 64.7 Å². The van der Waals surface area contributed by atoms with Crippen molar-refractivity contribution in [2.45, 2.75) is 19.4 Å². The summed E-state index contributed by atoms with van der Waals surface area (Å²) in [6.07, 6.45) is 0.588. The summed E-state index contributed by atoms with van der Waals surface area (Å²) in [6.45, 7) is 1.90. The molecular formula is C12H19NO3. The SMILES string of the molecule is COc1ccc(CC(N)CO)c(OC)c1C. The van der Waals surface area contributed by atoms with Gasteiger partial charge < -0.3 is 20.3 Å². The minimum absolute atomic E-state index is 0.0335. The van der Waals surface area contributed by atoms with Crippen LogP contribution in [0.5, 0.6) is 11.5 Å². The molecule has 0 saturated heterocycles. The van der Waals surface area contributed by atoms with Crippen LogP contribution in [0.3, 0.4) is 0 Å². The Morgan fingerprint density at radius 2 is 2.00 bits per heavy atom. The van der Waals surface area contributed by atoms with Crippen LogP contribution in [0.4, 0.5) is 0 Å². The van der Waals surface area contributed by atoms with Gasteiger partial charge in [0, 0.05) is 11.6 Å². The van der Waals surface area contributed by atoms with Gasteiger partial charge in [-0.1, -0.05) is 6.07 Å². The number of nitrogens with two attached hydrogens (primary N) is 1. The van der Waals surface area contributed by atoms with Crippen molar-refractivity contribution < 1.29 is 14.6 Å². The average Bonchev–Trinajstić information content (AvgIpc) is 2.29. The lowest BCUT2D eigenvalue weighted by atomic mass is 10.0. The van der Waals surface area contributed by atoms with Crippen LogP contribution in [0, 0.1) is 6.92 Å². The minimum atomic E-state index is -0.262. The summed E-state index contributed by atoms with van der Waals surface area (Å²) in [6, 6.07) is 3.54. The summed E-state index contributed by atoms with van der Waals surface area (Å²) in [5.74, 6) is 1.57. The standard InChI is InChI=1S/C12H19NO3/c1-8-11(15-2)5-4-9(12(8)16-3)6-10(13)7-14/h4-5,10,14H,6-7,13H2,1-3H3. The molecule has 0 aliphatic carbocycles. The highest BCUT2D eigenvalue weighted by atomic mass is 16.5. The third kappa shape index (κ3) is 2.65. The van der Waals surface area contributed by atoms with Gasteiger partial charge in [-0.15, -0.1) is 0 Å². The predicted molar refractivity (Wildman–Crippen MR) is 63.0 cm³/mol. The second-order valence-corrected chi connectivity index (χ2v) is 3.73. The lowest BCUT2D eigenvalue weighted by Crippen LogP contribution is -2.27. The fourth-order valence-corrected chi connectivity index (χ4v) is 1.74. The molecule has 4 nitrogen and oxygen atoms in total. The van der Waals surface area contributed by atoms with Crippen LogP contribution >= 0.6 is 0 Å². The highest BCUT2D eigenvalue weighted by molar-refractivity contribution is 5.49. The second kappa shape index (κ2) is 5.72. The lowest BCUT2D eigenvalue weighted by molar-refractivity contribution is 0.264. The van der Waals surface area contributed by atoms with E-state index in [0.29, 0.717) is 6.42 Å². The number of rotatable bonds is 5. The summed E-state index contributed by atoms with van der Waals surface area (Å²) >= 11 is 0. The van der Waals surface area contributed by atoms with Gasteiger partial charge in [-0.05, 0) is 25.0 Å². The maximum absolute atomic E-state index is 8.94. The fourth-order valence-electron chi connectivity index (χ4n) is 1.74. The van der Waals surface area contributed by atoms with Crippen LogP contribution in [0.2, 0.25) is 0 Å². The van der Waals surface area contributed by atoms with Crippen LogP contribution in [0.1, 0.15) is 11.1 Å². The van der Waals surface area contributed by atoms with Crippen LogP contribution in [-0.2, 0) is 6.42 Å². The first-order valence-electron chi connectivity index (χ1n) is 5.21. The Morgan fingerprint density at radius 1 is 1.31 bits per heavy atom. The molecule has 1 aromatic rings. The Balaban J connectivity index is 3.05. The van der Waals surface area contributed by atoms with Crippen molar-refractivity contribution >= 4 is 0 Å². The summed E-state index contributed by atoms with van der Waals surface area (Å²) in [4.78, 5) is 0. The van der Waals surface area contributed by atoms with E-state index >= 15 is 0 Å². The lowest BCUT2D eigenvalue weighted by Gasteiger charge is -2.16. The number of hydrogen-bond donors (Lipinski definition) is 2. The Morgan fingerprint density at radius 3 is 2.50 bits per heavy atom. The van der Waals surface area contributed by atoms with Crippen molar-refractivity contribution in [3.63, 3.8) is 0 Å². The highest BCUT2D eigenvalue weighted by Crippen LogP contribution is 2.31. The van der Waals surface area contributed by atoms with E-state index in [0.717, 1.165) is 22.6 Å². The van der Waals surface area contributed by atoms with Crippen molar-refractivity contribution in [3.05, 3.63) is 23.3 Å². The average molecular weight is 225 g/mol. The third-order valence-corrected chi connectivity index (χ3v) is 2.58. The second-order valence-electron chi connectivity index (χ2n) is 3.73. The van der Waals surface area contributed by atoms with Gasteiger partial charge in [0.2, 0.25) is 0 Å².